The van der Waals surface area contributed by atoms with Crippen LogP contribution in [-0.4, -0.2) is 21.6 Å². The topological polar surface area (TPSA) is 70.5 Å². The predicted octanol–water partition coefficient (Wildman–Crippen LogP) is 5.77. The van der Waals surface area contributed by atoms with Crippen LogP contribution < -0.4 is 10.3 Å². The lowest BCUT2D eigenvalue weighted by atomic mass is 10.0. The molecule has 0 atom stereocenters. The first-order chi connectivity index (χ1) is 16.0. The van der Waals surface area contributed by atoms with E-state index < -0.39 is 0 Å². The highest BCUT2D eigenvalue weighted by Crippen LogP contribution is 2.32. The largest absolute Gasteiger partial charge is 0.337 e. The smallest absolute Gasteiger partial charge is 0.284 e. The molecule has 0 spiro atoms. The average molecular weight is 476 g/mol. The second-order valence-electron chi connectivity index (χ2n) is 7.32. The molecule has 33 heavy (non-hydrogen) atoms. The van der Waals surface area contributed by atoms with Gasteiger partial charge in [-0.2, -0.15) is 10.1 Å². The Bertz CT molecular complexity index is 1370. The number of aryl methyl sites for hydroxylation is 2. The van der Waals surface area contributed by atoms with Crippen LogP contribution in [0.3, 0.4) is 0 Å². The molecular formula is C24H18FN5OS2. The Morgan fingerprint density at radius 3 is 2.45 bits per heavy atom. The lowest BCUT2D eigenvalue weighted by Crippen LogP contribution is -2.21. The van der Waals surface area contributed by atoms with E-state index in [2.05, 4.69) is 20.4 Å². The van der Waals surface area contributed by atoms with E-state index in [9.17, 15) is 9.18 Å². The number of nitrogens with zero attached hydrogens (tertiary/aromatic N) is 4. The van der Waals surface area contributed by atoms with Gasteiger partial charge >= 0.3 is 0 Å². The third-order valence-electron chi connectivity index (χ3n) is 5.11. The number of hydrogen-bond donors (Lipinski definition) is 1. The molecule has 9 heteroatoms. The molecular weight excluding hydrogens is 457 g/mol. The van der Waals surface area contributed by atoms with Gasteiger partial charge in [-0.15, -0.1) is 22.7 Å². The van der Waals surface area contributed by atoms with Gasteiger partial charge < -0.3 is 5.32 Å². The van der Waals surface area contributed by atoms with Gasteiger partial charge in [0.05, 0.1) is 17.0 Å². The van der Waals surface area contributed by atoms with E-state index >= 15 is 0 Å². The molecule has 164 valence electrons. The molecule has 3 heterocycles. The van der Waals surface area contributed by atoms with Crippen molar-refractivity contribution in [2.45, 2.75) is 13.8 Å². The van der Waals surface area contributed by atoms with Gasteiger partial charge in [-0.25, -0.2) is 14.4 Å². The zero-order valence-electron chi connectivity index (χ0n) is 17.7. The molecule has 6 nitrogen and oxygen atoms in total. The summed E-state index contributed by atoms with van der Waals surface area (Å²) in [6.45, 7) is 3.95. The summed E-state index contributed by atoms with van der Waals surface area (Å²) in [5.41, 5.74) is 4.17. The molecule has 0 fully saturated rings. The number of carbonyl (C=O) groups is 1. The van der Waals surface area contributed by atoms with Gasteiger partial charge in [-0.05, 0) is 38.1 Å². The summed E-state index contributed by atoms with van der Waals surface area (Å²) in [7, 11) is 0. The van der Waals surface area contributed by atoms with Crippen molar-refractivity contribution in [2.75, 3.05) is 10.3 Å². The minimum absolute atomic E-state index is 0.286. The highest BCUT2D eigenvalue weighted by molar-refractivity contribution is 7.15. The van der Waals surface area contributed by atoms with E-state index in [4.69, 9.17) is 0 Å². The van der Waals surface area contributed by atoms with Crippen LogP contribution in [0.5, 0.6) is 0 Å². The number of benzene rings is 2. The highest BCUT2D eigenvalue weighted by Gasteiger charge is 2.34. The lowest BCUT2D eigenvalue weighted by Gasteiger charge is -2.06. The van der Waals surface area contributed by atoms with Crippen molar-refractivity contribution in [3.05, 3.63) is 93.7 Å². The number of halogens is 1. The fraction of sp³-hybridized carbons (Fsp3) is 0.0833. The predicted molar refractivity (Wildman–Crippen MR) is 131 cm³/mol. The third kappa shape index (κ3) is 4.20. The van der Waals surface area contributed by atoms with E-state index in [1.165, 1.54) is 39.8 Å². The van der Waals surface area contributed by atoms with Gasteiger partial charge in [0.15, 0.2) is 5.13 Å². The molecule has 2 aromatic heterocycles. The van der Waals surface area contributed by atoms with E-state index in [0.717, 1.165) is 21.7 Å². The number of anilines is 2. The Kier molecular flexibility index (Phi) is 5.57. The molecule has 0 radical (unpaired) electrons. The van der Waals surface area contributed by atoms with E-state index in [-0.39, 0.29) is 11.7 Å². The van der Waals surface area contributed by atoms with Crippen LogP contribution in [0, 0.1) is 19.7 Å². The molecule has 4 aromatic rings. The Morgan fingerprint density at radius 2 is 1.76 bits per heavy atom. The zero-order chi connectivity index (χ0) is 22.9. The summed E-state index contributed by atoms with van der Waals surface area (Å²) in [4.78, 5) is 23.5. The number of aromatic nitrogens is 2. The second kappa shape index (κ2) is 8.68. The Hall–Kier alpha value is -3.69. The molecule has 0 saturated carbocycles. The van der Waals surface area contributed by atoms with Crippen molar-refractivity contribution in [3.63, 3.8) is 0 Å². The maximum atomic E-state index is 13.4. The van der Waals surface area contributed by atoms with Crippen LogP contribution >= 0.6 is 22.7 Å². The van der Waals surface area contributed by atoms with Crippen molar-refractivity contribution >= 4 is 44.6 Å². The van der Waals surface area contributed by atoms with Crippen molar-refractivity contribution in [3.8, 4) is 11.3 Å². The number of amides is 1. The maximum absolute atomic E-state index is 13.4. The summed E-state index contributed by atoms with van der Waals surface area (Å²) in [5, 5.41) is 12.1. The first kappa shape index (κ1) is 21.2. The Labute approximate surface area is 197 Å². The number of hydrazone groups is 1. The van der Waals surface area contributed by atoms with Crippen molar-refractivity contribution in [1.29, 1.82) is 0 Å². The average Bonchev–Trinajstić information content (AvgIpc) is 3.51. The summed E-state index contributed by atoms with van der Waals surface area (Å²) in [6, 6.07) is 15.6. The Balaban J connectivity index is 1.50. The van der Waals surface area contributed by atoms with Crippen LogP contribution in [0.2, 0.25) is 0 Å². The Morgan fingerprint density at radius 1 is 1.00 bits per heavy atom. The summed E-state index contributed by atoms with van der Waals surface area (Å²) in [6.07, 6.45) is 1.65. The molecule has 0 unspecified atom stereocenters. The van der Waals surface area contributed by atoms with E-state index in [1.54, 1.807) is 18.3 Å². The molecule has 0 aliphatic carbocycles. The third-order valence-corrected chi connectivity index (χ3v) is 6.93. The summed E-state index contributed by atoms with van der Waals surface area (Å²) >= 11 is 2.83. The zero-order valence-corrected chi connectivity index (χ0v) is 19.4. The molecule has 1 aliphatic rings. The number of carbonyl (C=O) groups excluding carboxylic acids is 1. The van der Waals surface area contributed by atoms with Crippen LogP contribution in [0.15, 0.2) is 76.9 Å². The quantitative estimate of drug-likeness (QED) is 0.372. The van der Waals surface area contributed by atoms with Gasteiger partial charge in [0.2, 0.25) is 5.13 Å². The minimum atomic E-state index is -0.311. The van der Waals surface area contributed by atoms with Gasteiger partial charge in [0.1, 0.15) is 11.5 Å². The first-order valence-electron chi connectivity index (χ1n) is 10.1. The molecule has 0 bridgehead atoms. The SMILES string of the molecule is Cc1nc(N/C=C2\C(=O)N(c3nc(-c4ccc(F)cc4)cs3)N=C2c2ccccc2)sc1C. The fourth-order valence-corrected chi connectivity index (χ4v) is 4.83. The van der Waals surface area contributed by atoms with Crippen molar-refractivity contribution in [1.82, 2.24) is 9.97 Å². The van der Waals surface area contributed by atoms with Crippen LogP contribution in [-0.2, 0) is 4.79 Å². The number of hydrogen-bond acceptors (Lipinski definition) is 7. The molecule has 1 aliphatic heterocycles. The molecule has 1 amide bonds. The van der Waals surface area contributed by atoms with Crippen molar-refractivity contribution < 1.29 is 9.18 Å². The summed E-state index contributed by atoms with van der Waals surface area (Å²) < 4.78 is 13.3. The number of thiazole rings is 2. The monoisotopic (exact) mass is 475 g/mol. The van der Waals surface area contributed by atoms with Gasteiger partial charge in [0.25, 0.3) is 5.91 Å². The number of nitrogens with one attached hydrogen (secondary N) is 1. The van der Waals surface area contributed by atoms with Gasteiger partial charge in [0, 0.05) is 27.6 Å². The second-order valence-corrected chi connectivity index (χ2v) is 9.36. The fourth-order valence-electron chi connectivity index (χ4n) is 3.27. The lowest BCUT2D eigenvalue weighted by molar-refractivity contribution is -0.114. The maximum Gasteiger partial charge on any atom is 0.284 e. The molecule has 2 aromatic carbocycles. The van der Waals surface area contributed by atoms with Gasteiger partial charge in [-0.1, -0.05) is 30.3 Å². The van der Waals surface area contributed by atoms with Crippen molar-refractivity contribution in [2.24, 2.45) is 5.10 Å². The standard InChI is InChI=1S/C24H18FN5OS2/c1-14-15(2)33-23(27-14)26-12-19-21(17-6-4-3-5-7-17)29-30(22(19)31)24-28-20(13-32-24)16-8-10-18(25)11-9-16/h3-13H,1-2H3,(H,26,27)/b19-12-. The number of rotatable bonds is 5. The molecule has 0 saturated heterocycles. The highest BCUT2D eigenvalue weighted by atomic mass is 32.1. The minimum Gasteiger partial charge on any atom is -0.337 e. The van der Waals surface area contributed by atoms with Crippen LogP contribution in [0.4, 0.5) is 14.7 Å². The molecule has 1 N–H and O–H groups in total. The van der Waals surface area contributed by atoms with E-state index in [1.807, 2.05) is 49.6 Å². The summed E-state index contributed by atoms with van der Waals surface area (Å²) in [5.74, 6) is -0.597. The first-order valence-corrected chi connectivity index (χ1v) is 11.8. The van der Waals surface area contributed by atoms with Crippen LogP contribution in [0.1, 0.15) is 16.1 Å². The normalized spacial score (nSPS) is 14.8. The van der Waals surface area contributed by atoms with Gasteiger partial charge in [-0.3, -0.25) is 4.79 Å². The van der Waals surface area contributed by atoms with E-state index in [0.29, 0.717) is 27.2 Å². The molecule has 5 rings (SSSR count). The van der Waals surface area contributed by atoms with Crippen LogP contribution in [0.25, 0.3) is 11.3 Å².